The van der Waals surface area contributed by atoms with Gasteiger partial charge < -0.3 is 9.84 Å². The molecule has 1 heterocycles. The van der Waals surface area contributed by atoms with Gasteiger partial charge in [0.15, 0.2) is 0 Å². The van der Waals surface area contributed by atoms with E-state index in [9.17, 15) is 5.11 Å². The minimum Gasteiger partial charge on any atom is -0.395 e. The minimum atomic E-state index is -0.210. The van der Waals surface area contributed by atoms with E-state index in [-0.39, 0.29) is 24.2 Å². The van der Waals surface area contributed by atoms with Gasteiger partial charge in [0.05, 0.1) is 18.8 Å². The average molecular weight is 263 g/mol. The van der Waals surface area contributed by atoms with Crippen molar-refractivity contribution in [1.29, 1.82) is 0 Å². The van der Waals surface area contributed by atoms with Crippen LogP contribution in [0.4, 0.5) is 0 Å². The number of hydrogen-bond donors (Lipinski definition) is 1. The van der Waals surface area contributed by atoms with Gasteiger partial charge in [-0.1, -0.05) is 37.3 Å². The molecule has 0 amide bonds. The molecule has 1 aliphatic rings. The number of benzene rings is 1. The molecule has 1 fully saturated rings. The number of ether oxygens (including phenoxy) is 1. The monoisotopic (exact) mass is 263 g/mol. The normalized spacial score (nSPS) is 28.0. The van der Waals surface area contributed by atoms with Crippen LogP contribution >= 0.6 is 0 Å². The molecule has 0 spiro atoms. The summed E-state index contributed by atoms with van der Waals surface area (Å²) in [5.41, 5.74) is 0.988. The lowest BCUT2D eigenvalue weighted by Crippen LogP contribution is -2.51. The van der Waals surface area contributed by atoms with Crippen LogP contribution in [0.5, 0.6) is 0 Å². The first kappa shape index (κ1) is 14.5. The van der Waals surface area contributed by atoms with Crippen LogP contribution in [0, 0.1) is 0 Å². The Morgan fingerprint density at radius 2 is 1.79 bits per heavy atom. The maximum Gasteiger partial charge on any atom is 0.0678 e. The molecule has 0 radical (unpaired) electrons. The zero-order valence-electron chi connectivity index (χ0n) is 12.2. The third-order valence-electron chi connectivity index (χ3n) is 3.89. The van der Waals surface area contributed by atoms with Gasteiger partial charge in [0, 0.05) is 25.0 Å². The van der Waals surface area contributed by atoms with Crippen LogP contribution in [0.25, 0.3) is 0 Å². The van der Waals surface area contributed by atoms with Crippen molar-refractivity contribution < 1.29 is 9.84 Å². The summed E-state index contributed by atoms with van der Waals surface area (Å²) in [6, 6.07) is 10.3. The van der Waals surface area contributed by atoms with Crippen molar-refractivity contribution in [2.24, 2.45) is 0 Å². The van der Waals surface area contributed by atoms with Gasteiger partial charge >= 0.3 is 0 Å². The molecule has 19 heavy (non-hydrogen) atoms. The van der Waals surface area contributed by atoms with E-state index in [1.807, 2.05) is 18.2 Å². The minimum absolute atomic E-state index is 0.164. The lowest BCUT2D eigenvalue weighted by molar-refractivity contribution is -0.0744. The van der Waals surface area contributed by atoms with E-state index in [0.29, 0.717) is 0 Å². The quantitative estimate of drug-likeness (QED) is 0.902. The van der Waals surface area contributed by atoms with Crippen LogP contribution < -0.4 is 0 Å². The molecule has 106 valence electrons. The largest absolute Gasteiger partial charge is 0.395 e. The number of nitrogens with zero attached hydrogens (tertiary/aromatic N) is 1. The van der Waals surface area contributed by atoms with E-state index in [1.54, 1.807) is 0 Å². The van der Waals surface area contributed by atoms with Crippen molar-refractivity contribution in [3.05, 3.63) is 35.9 Å². The predicted octanol–water partition coefficient (Wildman–Crippen LogP) is 2.05. The van der Waals surface area contributed by atoms with Gasteiger partial charge in [-0.3, -0.25) is 4.90 Å². The van der Waals surface area contributed by atoms with Crippen molar-refractivity contribution >= 4 is 0 Å². The predicted molar refractivity (Wildman–Crippen MR) is 77.3 cm³/mol. The maximum atomic E-state index is 9.84. The highest BCUT2D eigenvalue weighted by Gasteiger charge is 2.31. The summed E-state index contributed by atoms with van der Waals surface area (Å²) in [4.78, 5) is 2.40. The Kier molecular flexibility index (Phi) is 4.61. The van der Waals surface area contributed by atoms with Gasteiger partial charge in [-0.25, -0.2) is 0 Å². The van der Waals surface area contributed by atoms with Crippen LogP contribution in [0.2, 0.25) is 0 Å². The highest BCUT2D eigenvalue weighted by molar-refractivity contribution is 5.25. The van der Waals surface area contributed by atoms with Crippen LogP contribution in [0.1, 0.15) is 26.3 Å². The van der Waals surface area contributed by atoms with Gasteiger partial charge in [0.1, 0.15) is 0 Å². The van der Waals surface area contributed by atoms with Crippen molar-refractivity contribution in [2.45, 2.75) is 38.4 Å². The Bertz CT molecular complexity index is 385. The Morgan fingerprint density at radius 3 is 2.32 bits per heavy atom. The number of rotatable bonds is 4. The van der Waals surface area contributed by atoms with E-state index in [4.69, 9.17) is 4.74 Å². The van der Waals surface area contributed by atoms with E-state index >= 15 is 0 Å². The number of hydrogen-bond acceptors (Lipinski definition) is 3. The van der Waals surface area contributed by atoms with Crippen molar-refractivity contribution in [1.82, 2.24) is 4.90 Å². The first-order valence-corrected chi connectivity index (χ1v) is 7.08. The maximum absolute atomic E-state index is 9.84. The Morgan fingerprint density at radius 1 is 1.21 bits per heavy atom. The molecule has 0 aliphatic carbocycles. The van der Waals surface area contributed by atoms with Crippen molar-refractivity contribution in [3.8, 4) is 0 Å². The summed E-state index contributed by atoms with van der Waals surface area (Å²) in [5.74, 6) is 0. The van der Waals surface area contributed by atoms with Crippen LogP contribution in [0.3, 0.4) is 0 Å². The molecule has 1 aliphatic heterocycles. The summed E-state index contributed by atoms with van der Waals surface area (Å²) >= 11 is 0. The third kappa shape index (κ3) is 3.56. The summed E-state index contributed by atoms with van der Waals surface area (Å²) in [6.07, 6.45) is 0.532. The van der Waals surface area contributed by atoms with Crippen molar-refractivity contribution in [2.75, 3.05) is 26.2 Å². The summed E-state index contributed by atoms with van der Waals surface area (Å²) in [7, 11) is 0. The fourth-order valence-corrected chi connectivity index (χ4v) is 2.98. The summed E-state index contributed by atoms with van der Waals surface area (Å²) in [5, 5.41) is 9.84. The molecule has 1 aromatic carbocycles. The fraction of sp³-hybridized carbons (Fsp3) is 0.625. The Hall–Kier alpha value is -0.900. The number of aliphatic hydroxyl groups is 1. The average Bonchev–Trinajstić information content (AvgIpc) is 2.38. The second kappa shape index (κ2) is 6.04. The lowest BCUT2D eigenvalue weighted by Gasteiger charge is -2.40. The van der Waals surface area contributed by atoms with Gasteiger partial charge in [0.25, 0.3) is 0 Å². The Balaban J connectivity index is 2.10. The molecule has 0 saturated carbocycles. The van der Waals surface area contributed by atoms with Gasteiger partial charge in [-0.2, -0.15) is 0 Å². The molecule has 2 rings (SSSR count). The molecular formula is C16H25NO2. The van der Waals surface area contributed by atoms with E-state index in [1.165, 1.54) is 5.56 Å². The fourth-order valence-electron chi connectivity index (χ4n) is 2.98. The molecule has 1 aromatic rings. The van der Waals surface area contributed by atoms with Crippen LogP contribution in [-0.2, 0) is 10.2 Å². The summed E-state index contributed by atoms with van der Waals surface area (Å²) < 4.78 is 5.77. The third-order valence-corrected chi connectivity index (χ3v) is 3.89. The molecule has 3 nitrogen and oxygen atoms in total. The smallest absolute Gasteiger partial charge is 0.0678 e. The van der Waals surface area contributed by atoms with Crippen LogP contribution in [0.15, 0.2) is 30.3 Å². The van der Waals surface area contributed by atoms with Gasteiger partial charge in [-0.05, 0) is 19.4 Å². The highest BCUT2D eigenvalue weighted by Crippen LogP contribution is 2.26. The van der Waals surface area contributed by atoms with Crippen molar-refractivity contribution in [3.63, 3.8) is 0 Å². The van der Waals surface area contributed by atoms with E-state index < -0.39 is 0 Å². The van der Waals surface area contributed by atoms with E-state index in [2.05, 4.69) is 37.8 Å². The topological polar surface area (TPSA) is 32.7 Å². The van der Waals surface area contributed by atoms with Gasteiger partial charge in [-0.15, -0.1) is 0 Å². The molecule has 0 bridgehead atoms. The SMILES string of the molecule is CC1CN(CC(C)(CO)c2ccccc2)CC(C)O1. The Labute approximate surface area is 116 Å². The molecular weight excluding hydrogens is 238 g/mol. The number of aliphatic hydroxyl groups excluding tert-OH is 1. The molecule has 1 N–H and O–H groups in total. The zero-order chi connectivity index (χ0) is 13.9. The second-order valence-electron chi connectivity index (χ2n) is 6.04. The molecule has 0 aromatic heterocycles. The van der Waals surface area contributed by atoms with Crippen LogP contribution in [-0.4, -0.2) is 48.5 Å². The first-order chi connectivity index (χ1) is 9.03. The standard InChI is InChI=1S/C16H25NO2/c1-13-9-17(10-14(2)19-13)11-16(3,12-18)15-7-5-4-6-8-15/h4-8,13-14,18H,9-12H2,1-3H3. The molecule has 3 heteroatoms. The second-order valence-corrected chi connectivity index (χ2v) is 6.04. The summed E-state index contributed by atoms with van der Waals surface area (Å²) in [6.45, 7) is 9.26. The zero-order valence-corrected chi connectivity index (χ0v) is 12.2. The van der Waals surface area contributed by atoms with E-state index in [0.717, 1.165) is 19.6 Å². The molecule has 3 atom stereocenters. The molecule has 3 unspecified atom stereocenters. The lowest BCUT2D eigenvalue weighted by atomic mass is 9.82. The van der Waals surface area contributed by atoms with Gasteiger partial charge in [0.2, 0.25) is 0 Å². The molecule has 1 saturated heterocycles. The first-order valence-electron chi connectivity index (χ1n) is 7.08. The number of morpholine rings is 1. The highest BCUT2D eigenvalue weighted by atomic mass is 16.5.